The number of aromatic hydroxyl groups is 1. The third-order valence-electron chi connectivity index (χ3n) is 2.82. The SMILES string of the molecule is C=CC(=O)[C@H](Cc1ccc(O)cc1)NC(=O)CCC(=O)O. The quantitative estimate of drug-likeness (QED) is 0.621. The Balaban J connectivity index is 2.69. The van der Waals surface area contributed by atoms with Crippen LogP contribution in [-0.4, -0.2) is 33.9 Å². The fraction of sp³-hybridized carbons (Fsp3) is 0.267. The number of phenols is 1. The van der Waals surface area contributed by atoms with Crippen LogP contribution in [0.3, 0.4) is 0 Å². The molecule has 21 heavy (non-hydrogen) atoms. The van der Waals surface area contributed by atoms with Crippen molar-refractivity contribution in [1.82, 2.24) is 5.32 Å². The van der Waals surface area contributed by atoms with E-state index in [1.807, 2.05) is 0 Å². The molecular weight excluding hydrogens is 274 g/mol. The Morgan fingerprint density at radius 2 is 1.81 bits per heavy atom. The summed E-state index contributed by atoms with van der Waals surface area (Å²) >= 11 is 0. The van der Waals surface area contributed by atoms with Gasteiger partial charge in [0.1, 0.15) is 5.75 Å². The first-order valence-electron chi connectivity index (χ1n) is 6.37. The third-order valence-corrected chi connectivity index (χ3v) is 2.82. The van der Waals surface area contributed by atoms with Gasteiger partial charge in [0.15, 0.2) is 5.78 Å². The second kappa shape index (κ2) is 7.84. The van der Waals surface area contributed by atoms with Crippen LogP contribution >= 0.6 is 0 Å². The number of benzene rings is 1. The van der Waals surface area contributed by atoms with Crippen LogP contribution in [0.4, 0.5) is 0 Å². The summed E-state index contributed by atoms with van der Waals surface area (Å²) in [4.78, 5) is 33.8. The van der Waals surface area contributed by atoms with Crippen molar-refractivity contribution in [1.29, 1.82) is 0 Å². The van der Waals surface area contributed by atoms with Gasteiger partial charge in [0.2, 0.25) is 5.91 Å². The summed E-state index contributed by atoms with van der Waals surface area (Å²) in [6.07, 6.45) is 0.873. The Hall–Kier alpha value is -2.63. The molecular formula is C15H17NO5. The van der Waals surface area contributed by atoms with E-state index in [4.69, 9.17) is 5.11 Å². The number of carboxylic acids is 1. The third kappa shape index (κ3) is 5.90. The average molecular weight is 291 g/mol. The van der Waals surface area contributed by atoms with Gasteiger partial charge in [0, 0.05) is 12.8 Å². The molecule has 1 aromatic rings. The van der Waals surface area contributed by atoms with Crippen LogP contribution in [0.15, 0.2) is 36.9 Å². The molecule has 0 aliphatic rings. The molecule has 0 aliphatic carbocycles. The van der Waals surface area contributed by atoms with Gasteiger partial charge in [-0.1, -0.05) is 18.7 Å². The standard InChI is InChI=1S/C15H17NO5/c1-2-13(18)12(16-14(19)7-8-15(20)21)9-10-3-5-11(17)6-4-10/h2-6,12,17H,1,7-9H2,(H,16,19)(H,20,21)/t12-/m0/s1. The highest BCUT2D eigenvalue weighted by atomic mass is 16.4. The highest BCUT2D eigenvalue weighted by Crippen LogP contribution is 2.12. The van der Waals surface area contributed by atoms with Crippen LogP contribution in [0.5, 0.6) is 5.75 Å². The fourth-order valence-corrected chi connectivity index (χ4v) is 1.72. The van der Waals surface area contributed by atoms with Crippen molar-refractivity contribution >= 4 is 17.7 Å². The van der Waals surface area contributed by atoms with Gasteiger partial charge in [-0.05, 0) is 23.8 Å². The Bertz CT molecular complexity index is 535. The summed E-state index contributed by atoms with van der Waals surface area (Å²) in [5, 5.41) is 20.2. The molecule has 0 unspecified atom stereocenters. The molecule has 1 atom stereocenters. The molecule has 6 nitrogen and oxygen atoms in total. The van der Waals surface area contributed by atoms with E-state index in [-0.39, 0.29) is 30.8 Å². The van der Waals surface area contributed by atoms with Crippen molar-refractivity contribution in [3.63, 3.8) is 0 Å². The van der Waals surface area contributed by atoms with E-state index in [2.05, 4.69) is 11.9 Å². The lowest BCUT2D eigenvalue weighted by molar-refractivity contribution is -0.139. The van der Waals surface area contributed by atoms with Crippen LogP contribution in [0.1, 0.15) is 18.4 Å². The lowest BCUT2D eigenvalue weighted by atomic mass is 10.0. The van der Waals surface area contributed by atoms with Gasteiger partial charge in [0.25, 0.3) is 0 Å². The number of carbonyl (C=O) groups is 3. The van der Waals surface area contributed by atoms with Crippen molar-refractivity contribution in [3.8, 4) is 5.75 Å². The zero-order valence-corrected chi connectivity index (χ0v) is 11.4. The molecule has 0 fully saturated rings. The smallest absolute Gasteiger partial charge is 0.303 e. The molecule has 0 saturated heterocycles. The second-order valence-corrected chi connectivity index (χ2v) is 4.49. The first-order valence-corrected chi connectivity index (χ1v) is 6.37. The number of hydrogen-bond acceptors (Lipinski definition) is 4. The average Bonchev–Trinajstić information content (AvgIpc) is 2.45. The van der Waals surface area contributed by atoms with Gasteiger partial charge in [-0.2, -0.15) is 0 Å². The van der Waals surface area contributed by atoms with E-state index < -0.39 is 17.9 Å². The summed E-state index contributed by atoms with van der Waals surface area (Å²) in [7, 11) is 0. The highest BCUT2D eigenvalue weighted by molar-refractivity contribution is 5.96. The van der Waals surface area contributed by atoms with Crippen LogP contribution < -0.4 is 5.32 Å². The predicted molar refractivity (Wildman–Crippen MR) is 75.8 cm³/mol. The molecule has 0 radical (unpaired) electrons. The topological polar surface area (TPSA) is 104 Å². The molecule has 0 bridgehead atoms. The van der Waals surface area contributed by atoms with Gasteiger partial charge in [-0.15, -0.1) is 0 Å². The summed E-state index contributed by atoms with van der Waals surface area (Å²) in [5.74, 6) is -1.82. The van der Waals surface area contributed by atoms with Crippen molar-refractivity contribution in [2.75, 3.05) is 0 Å². The lowest BCUT2D eigenvalue weighted by Gasteiger charge is -2.16. The summed E-state index contributed by atoms with van der Waals surface area (Å²) in [6.45, 7) is 3.38. The Kier molecular flexibility index (Phi) is 6.13. The first kappa shape index (κ1) is 16.4. The maximum Gasteiger partial charge on any atom is 0.303 e. The molecule has 6 heteroatoms. The van der Waals surface area contributed by atoms with E-state index in [0.29, 0.717) is 0 Å². The van der Waals surface area contributed by atoms with Crippen molar-refractivity contribution in [2.45, 2.75) is 25.3 Å². The number of amides is 1. The van der Waals surface area contributed by atoms with Crippen LogP contribution in [0.2, 0.25) is 0 Å². The maximum absolute atomic E-state index is 11.8. The molecule has 112 valence electrons. The Morgan fingerprint density at radius 1 is 1.19 bits per heavy atom. The van der Waals surface area contributed by atoms with E-state index in [1.165, 1.54) is 12.1 Å². The van der Waals surface area contributed by atoms with Gasteiger partial charge in [-0.25, -0.2) is 0 Å². The molecule has 1 aromatic carbocycles. The number of aliphatic carboxylic acids is 1. The summed E-state index contributed by atoms with van der Waals surface area (Å²) in [6, 6.07) is 5.45. The number of nitrogens with one attached hydrogen (secondary N) is 1. The molecule has 3 N–H and O–H groups in total. The molecule has 0 aromatic heterocycles. The van der Waals surface area contributed by atoms with Gasteiger partial charge < -0.3 is 15.5 Å². The number of ketones is 1. The molecule has 0 heterocycles. The fourth-order valence-electron chi connectivity index (χ4n) is 1.72. The first-order chi connectivity index (χ1) is 9.92. The largest absolute Gasteiger partial charge is 0.508 e. The molecule has 0 aliphatic heterocycles. The second-order valence-electron chi connectivity index (χ2n) is 4.49. The van der Waals surface area contributed by atoms with E-state index in [0.717, 1.165) is 11.6 Å². The van der Waals surface area contributed by atoms with Crippen molar-refractivity contribution < 1.29 is 24.6 Å². The Labute approximate surface area is 122 Å². The number of phenolic OH excluding ortho intramolecular Hbond substituents is 1. The number of carboxylic acid groups (broad SMARTS) is 1. The van der Waals surface area contributed by atoms with Crippen molar-refractivity contribution in [2.24, 2.45) is 0 Å². The zero-order chi connectivity index (χ0) is 15.8. The lowest BCUT2D eigenvalue weighted by Crippen LogP contribution is -2.41. The molecule has 1 amide bonds. The maximum atomic E-state index is 11.8. The molecule has 1 rings (SSSR count). The van der Waals surface area contributed by atoms with Crippen LogP contribution in [0, 0.1) is 0 Å². The Morgan fingerprint density at radius 3 is 2.33 bits per heavy atom. The summed E-state index contributed by atoms with van der Waals surface area (Å²) in [5.41, 5.74) is 0.756. The predicted octanol–water partition coefficient (Wildman–Crippen LogP) is 1.04. The molecule has 0 saturated carbocycles. The van der Waals surface area contributed by atoms with Gasteiger partial charge in [0.05, 0.1) is 12.5 Å². The van der Waals surface area contributed by atoms with Crippen LogP contribution in [0.25, 0.3) is 0 Å². The highest BCUT2D eigenvalue weighted by Gasteiger charge is 2.19. The minimum absolute atomic E-state index is 0.107. The van der Waals surface area contributed by atoms with E-state index in [9.17, 15) is 19.5 Å². The monoisotopic (exact) mass is 291 g/mol. The normalized spacial score (nSPS) is 11.4. The van der Waals surface area contributed by atoms with E-state index >= 15 is 0 Å². The van der Waals surface area contributed by atoms with Gasteiger partial charge in [-0.3, -0.25) is 14.4 Å². The van der Waals surface area contributed by atoms with Crippen molar-refractivity contribution in [3.05, 3.63) is 42.5 Å². The van der Waals surface area contributed by atoms with Crippen LogP contribution in [-0.2, 0) is 20.8 Å². The minimum atomic E-state index is -1.07. The number of rotatable bonds is 8. The number of carbonyl (C=O) groups excluding carboxylic acids is 2. The zero-order valence-electron chi connectivity index (χ0n) is 11.4. The molecule has 0 spiro atoms. The number of hydrogen-bond donors (Lipinski definition) is 3. The van der Waals surface area contributed by atoms with Gasteiger partial charge >= 0.3 is 5.97 Å². The summed E-state index contributed by atoms with van der Waals surface area (Å²) < 4.78 is 0. The minimum Gasteiger partial charge on any atom is -0.508 e. The van der Waals surface area contributed by atoms with E-state index in [1.54, 1.807) is 12.1 Å².